The van der Waals surface area contributed by atoms with Crippen LogP contribution in [0.2, 0.25) is 0 Å². The van der Waals surface area contributed by atoms with Crippen LogP contribution < -0.4 is 0 Å². The highest BCUT2D eigenvalue weighted by atomic mass is 16.5. The van der Waals surface area contributed by atoms with Gasteiger partial charge in [-0.25, -0.2) is 0 Å². The Labute approximate surface area is 102 Å². The summed E-state index contributed by atoms with van der Waals surface area (Å²) in [5, 5.41) is 0. The van der Waals surface area contributed by atoms with E-state index in [4.69, 9.17) is 9.47 Å². The van der Waals surface area contributed by atoms with Gasteiger partial charge < -0.3 is 9.47 Å². The van der Waals surface area contributed by atoms with Crippen molar-refractivity contribution in [3.63, 3.8) is 0 Å². The van der Waals surface area contributed by atoms with Crippen molar-refractivity contribution < 1.29 is 9.47 Å². The number of methoxy groups -OCH3 is 1. The fourth-order valence-electron chi connectivity index (χ4n) is 1.90. The topological polar surface area (TPSA) is 18.5 Å². The molecule has 16 heavy (non-hydrogen) atoms. The quantitative estimate of drug-likeness (QED) is 0.589. The highest BCUT2D eigenvalue weighted by Gasteiger charge is 2.14. The molecule has 0 radical (unpaired) electrons. The van der Waals surface area contributed by atoms with Gasteiger partial charge in [0.2, 0.25) is 0 Å². The molecule has 98 valence electrons. The van der Waals surface area contributed by atoms with Crippen molar-refractivity contribution in [1.82, 2.24) is 0 Å². The van der Waals surface area contributed by atoms with E-state index in [-0.39, 0.29) is 0 Å². The number of hydrogen-bond donors (Lipinski definition) is 0. The normalized spacial score (nSPS) is 16.1. The molecule has 0 aromatic heterocycles. The van der Waals surface area contributed by atoms with E-state index in [0.29, 0.717) is 11.5 Å². The standard InChI is InChI=1S/C14H30O2/c1-12(11-14(3,4)5)7-9-16-10-8-13(2)15-6/h12-13H,7-11H2,1-6H3. The Hall–Kier alpha value is -0.0800. The van der Waals surface area contributed by atoms with Crippen molar-refractivity contribution in [1.29, 1.82) is 0 Å². The molecule has 0 N–H and O–H groups in total. The zero-order valence-electron chi connectivity index (χ0n) is 12.0. The molecule has 0 aromatic carbocycles. The minimum absolute atomic E-state index is 0.312. The summed E-state index contributed by atoms with van der Waals surface area (Å²) < 4.78 is 10.8. The van der Waals surface area contributed by atoms with E-state index < -0.39 is 0 Å². The first-order chi connectivity index (χ1) is 7.35. The fraction of sp³-hybridized carbons (Fsp3) is 1.00. The van der Waals surface area contributed by atoms with Gasteiger partial charge in [0.1, 0.15) is 0 Å². The molecular formula is C14H30O2. The predicted molar refractivity (Wildman–Crippen MR) is 69.8 cm³/mol. The van der Waals surface area contributed by atoms with Crippen LogP contribution >= 0.6 is 0 Å². The first-order valence-corrected chi connectivity index (χ1v) is 6.45. The Morgan fingerprint density at radius 3 is 2.06 bits per heavy atom. The van der Waals surface area contributed by atoms with Gasteiger partial charge in [-0.15, -0.1) is 0 Å². The molecule has 0 saturated carbocycles. The van der Waals surface area contributed by atoms with Gasteiger partial charge in [0.05, 0.1) is 6.10 Å². The third-order valence-corrected chi connectivity index (χ3v) is 2.79. The molecule has 0 heterocycles. The van der Waals surface area contributed by atoms with Crippen LogP contribution in [0.25, 0.3) is 0 Å². The number of rotatable bonds is 8. The Bertz CT molecular complexity index is 161. The SMILES string of the molecule is COC(C)CCOCCC(C)CC(C)(C)C. The van der Waals surface area contributed by atoms with Gasteiger partial charge in [0, 0.05) is 20.3 Å². The zero-order chi connectivity index (χ0) is 12.6. The summed E-state index contributed by atoms with van der Waals surface area (Å²) in [4.78, 5) is 0. The summed E-state index contributed by atoms with van der Waals surface area (Å²) in [6.45, 7) is 13.0. The molecule has 0 amide bonds. The van der Waals surface area contributed by atoms with Gasteiger partial charge in [0.25, 0.3) is 0 Å². The first kappa shape index (κ1) is 15.9. The van der Waals surface area contributed by atoms with Crippen molar-refractivity contribution in [3.05, 3.63) is 0 Å². The second-order valence-electron chi connectivity index (χ2n) is 6.11. The maximum atomic E-state index is 5.61. The molecule has 0 aliphatic heterocycles. The van der Waals surface area contributed by atoms with E-state index in [1.807, 2.05) is 0 Å². The molecule has 0 saturated heterocycles. The van der Waals surface area contributed by atoms with Crippen molar-refractivity contribution in [3.8, 4) is 0 Å². The van der Waals surface area contributed by atoms with Gasteiger partial charge >= 0.3 is 0 Å². The van der Waals surface area contributed by atoms with E-state index >= 15 is 0 Å². The largest absolute Gasteiger partial charge is 0.382 e. The van der Waals surface area contributed by atoms with Crippen LogP contribution in [-0.4, -0.2) is 26.4 Å². The summed E-state index contributed by atoms with van der Waals surface area (Å²) in [5.74, 6) is 0.750. The maximum absolute atomic E-state index is 5.61. The van der Waals surface area contributed by atoms with Crippen molar-refractivity contribution >= 4 is 0 Å². The smallest absolute Gasteiger partial charge is 0.0565 e. The minimum atomic E-state index is 0.312. The van der Waals surface area contributed by atoms with Crippen molar-refractivity contribution in [2.45, 2.75) is 60.0 Å². The van der Waals surface area contributed by atoms with E-state index in [9.17, 15) is 0 Å². The van der Waals surface area contributed by atoms with Gasteiger partial charge in [-0.2, -0.15) is 0 Å². The number of ether oxygens (including phenoxy) is 2. The Morgan fingerprint density at radius 2 is 1.56 bits per heavy atom. The summed E-state index contributed by atoms with van der Waals surface area (Å²) in [5.41, 5.74) is 0.435. The Morgan fingerprint density at radius 1 is 1.00 bits per heavy atom. The van der Waals surface area contributed by atoms with Crippen molar-refractivity contribution in [2.24, 2.45) is 11.3 Å². The lowest BCUT2D eigenvalue weighted by Gasteiger charge is -2.23. The molecule has 0 aromatic rings. The molecule has 0 fully saturated rings. The molecule has 0 bridgehead atoms. The van der Waals surface area contributed by atoms with E-state index in [0.717, 1.165) is 25.6 Å². The van der Waals surface area contributed by atoms with Gasteiger partial charge in [-0.1, -0.05) is 27.7 Å². The Balaban J connectivity index is 3.38. The molecule has 0 spiro atoms. The third kappa shape index (κ3) is 10.4. The minimum Gasteiger partial charge on any atom is -0.382 e. The fourth-order valence-corrected chi connectivity index (χ4v) is 1.90. The maximum Gasteiger partial charge on any atom is 0.0565 e. The van der Waals surface area contributed by atoms with Gasteiger partial charge in [-0.3, -0.25) is 0 Å². The lowest BCUT2D eigenvalue weighted by molar-refractivity contribution is 0.0563. The summed E-state index contributed by atoms with van der Waals surface area (Å²) >= 11 is 0. The van der Waals surface area contributed by atoms with E-state index in [1.54, 1.807) is 7.11 Å². The van der Waals surface area contributed by atoms with E-state index in [1.165, 1.54) is 12.8 Å². The Kier molecular flexibility index (Phi) is 8.04. The molecule has 2 nitrogen and oxygen atoms in total. The monoisotopic (exact) mass is 230 g/mol. The molecule has 0 rings (SSSR count). The number of hydrogen-bond acceptors (Lipinski definition) is 2. The molecular weight excluding hydrogens is 200 g/mol. The van der Waals surface area contributed by atoms with Gasteiger partial charge in [0.15, 0.2) is 0 Å². The van der Waals surface area contributed by atoms with Crippen molar-refractivity contribution in [2.75, 3.05) is 20.3 Å². The van der Waals surface area contributed by atoms with Crippen LogP contribution in [-0.2, 0) is 9.47 Å². The third-order valence-electron chi connectivity index (χ3n) is 2.79. The first-order valence-electron chi connectivity index (χ1n) is 6.45. The average molecular weight is 230 g/mol. The summed E-state index contributed by atoms with van der Waals surface area (Å²) in [6, 6.07) is 0. The lowest BCUT2D eigenvalue weighted by Crippen LogP contribution is -2.14. The van der Waals surface area contributed by atoms with Crippen LogP contribution in [0.1, 0.15) is 53.9 Å². The van der Waals surface area contributed by atoms with Gasteiger partial charge in [-0.05, 0) is 37.5 Å². The van der Waals surface area contributed by atoms with Crippen LogP contribution in [0.3, 0.4) is 0 Å². The molecule has 0 aliphatic carbocycles. The molecule has 2 heteroatoms. The zero-order valence-corrected chi connectivity index (χ0v) is 12.0. The second-order valence-corrected chi connectivity index (χ2v) is 6.11. The highest BCUT2D eigenvalue weighted by molar-refractivity contribution is 4.66. The highest BCUT2D eigenvalue weighted by Crippen LogP contribution is 2.25. The van der Waals surface area contributed by atoms with Crippen LogP contribution in [0.15, 0.2) is 0 Å². The second kappa shape index (κ2) is 8.08. The van der Waals surface area contributed by atoms with E-state index in [2.05, 4.69) is 34.6 Å². The predicted octanol–water partition coefficient (Wildman–Crippen LogP) is 3.89. The summed E-state index contributed by atoms with van der Waals surface area (Å²) in [7, 11) is 1.75. The molecule has 0 aliphatic rings. The average Bonchev–Trinajstić information content (AvgIpc) is 2.14. The van der Waals surface area contributed by atoms with Crippen LogP contribution in [0.4, 0.5) is 0 Å². The molecule has 2 atom stereocenters. The van der Waals surface area contributed by atoms with Crippen LogP contribution in [0, 0.1) is 11.3 Å². The molecule has 2 unspecified atom stereocenters. The summed E-state index contributed by atoms with van der Waals surface area (Å²) in [6.07, 6.45) is 3.74. The lowest BCUT2D eigenvalue weighted by atomic mass is 9.84. The van der Waals surface area contributed by atoms with Crippen LogP contribution in [0.5, 0.6) is 0 Å².